The van der Waals surface area contributed by atoms with Crippen LogP contribution in [0.25, 0.3) is 0 Å². The van der Waals surface area contributed by atoms with Gasteiger partial charge in [-0.25, -0.2) is 9.78 Å². The number of hydrogen-bond donors (Lipinski definition) is 2. The molecule has 1 aliphatic heterocycles. The van der Waals surface area contributed by atoms with E-state index in [9.17, 15) is 9.59 Å². The summed E-state index contributed by atoms with van der Waals surface area (Å²) in [6.45, 7) is 1.34. The molecule has 1 aliphatic rings. The van der Waals surface area contributed by atoms with Crippen LogP contribution < -0.4 is 15.4 Å². The molecule has 2 N–H and O–H groups in total. The zero-order chi connectivity index (χ0) is 22.2. The van der Waals surface area contributed by atoms with Gasteiger partial charge >= 0.3 is 6.09 Å². The second-order valence-corrected chi connectivity index (χ2v) is 7.84. The number of Topliss-reactive ketones (excluding diaryl/α,β-unsaturated/α-hetero) is 1. The molecule has 0 saturated heterocycles. The molecule has 1 amide bonds. The van der Waals surface area contributed by atoms with Gasteiger partial charge in [0.05, 0.1) is 6.54 Å². The van der Waals surface area contributed by atoms with Crippen molar-refractivity contribution in [3.63, 3.8) is 0 Å². The number of carbonyl (C=O) groups excluding carboxylic acids is 2. The SMILES string of the molecule is O=C(NCCCc1ccccc1)Oc1c(NCC(=O)c2ccccc2)nc2n1CCCC2. The second-order valence-electron chi connectivity index (χ2n) is 7.84. The molecule has 0 atom stereocenters. The van der Waals surface area contributed by atoms with Gasteiger partial charge in [-0.15, -0.1) is 0 Å². The number of hydrogen-bond acceptors (Lipinski definition) is 5. The van der Waals surface area contributed by atoms with Crippen LogP contribution in [0.2, 0.25) is 0 Å². The van der Waals surface area contributed by atoms with E-state index < -0.39 is 6.09 Å². The number of benzene rings is 2. The van der Waals surface area contributed by atoms with Crippen LogP contribution in [0.3, 0.4) is 0 Å². The van der Waals surface area contributed by atoms with Crippen LogP contribution in [-0.4, -0.2) is 34.5 Å². The van der Waals surface area contributed by atoms with Crippen molar-refractivity contribution in [2.75, 3.05) is 18.4 Å². The Balaban J connectivity index is 1.35. The standard InChI is InChI=1S/C25H28N4O3/c30-21(20-13-5-2-6-14-20)18-27-23-24(29-17-8-7-15-22(29)28-23)32-25(31)26-16-9-12-19-10-3-1-4-11-19/h1-6,10-11,13-14,27H,7-9,12,15-18H2,(H,26,31). The van der Waals surface area contributed by atoms with Gasteiger partial charge < -0.3 is 15.4 Å². The Labute approximate surface area is 187 Å². The maximum Gasteiger partial charge on any atom is 0.414 e. The monoisotopic (exact) mass is 432 g/mol. The lowest BCUT2D eigenvalue weighted by molar-refractivity contribution is 0.101. The number of imidazole rings is 1. The minimum atomic E-state index is -0.510. The van der Waals surface area contributed by atoms with Gasteiger partial charge in [0, 0.05) is 25.1 Å². The Kier molecular flexibility index (Phi) is 7.17. The molecule has 0 spiro atoms. The van der Waals surface area contributed by atoms with Crippen LogP contribution in [0, 0.1) is 0 Å². The number of nitrogens with one attached hydrogen (secondary N) is 2. The van der Waals surface area contributed by atoms with Crippen molar-refractivity contribution in [1.29, 1.82) is 0 Å². The summed E-state index contributed by atoms with van der Waals surface area (Å²) in [5, 5.41) is 5.90. The Morgan fingerprint density at radius 3 is 2.53 bits per heavy atom. The van der Waals surface area contributed by atoms with Crippen molar-refractivity contribution in [2.45, 2.75) is 38.6 Å². The Bertz CT molecular complexity index is 1050. The molecule has 1 aromatic heterocycles. The third-order valence-electron chi connectivity index (χ3n) is 5.49. The molecule has 3 aromatic rings. The third kappa shape index (κ3) is 5.55. The molecule has 2 aromatic carbocycles. The summed E-state index contributed by atoms with van der Waals surface area (Å²) in [5.41, 5.74) is 1.87. The zero-order valence-electron chi connectivity index (χ0n) is 18.0. The minimum Gasteiger partial charge on any atom is -0.389 e. The second kappa shape index (κ2) is 10.6. The summed E-state index contributed by atoms with van der Waals surface area (Å²) in [6.07, 6.45) is 4.07. The van der Waals surface area contributed by atoms with Crippen LogP contribution >= 0.6 is 0 Å². The number of ether oxygens (including phenoxy) is 1. The summed E-state index contributed by atoms with van der Waals surface area (Å²) >= 11 is 0. The summed E-state index contributed by atoms with van der Waals surface area (Å²) in [6, 6.07) is 19.3. The van der Waals surface area contributed by atoms with Gasteiger partial charge in [0.2, 0.25) is 5.88 Å². The number of anilines is 1. The number of nitrogens with zero attached hydrogens (tertiary/aromatic N) is 2. The quantitative estimate of drug-likeness (QED) is 0.390. The number of ketones is 1. The van der Waals surface area contributed by atoms with E-state index >= 15 is 0 Å². The van der Waals surface area contributed by atoms with Crippen LogP contribution in [0.5, 0.6) is 5.88 Å². The Hall–Kier alpha value is -3.61. The molecular weight excluding hydrogens is 404 g/mol. The topological polar surface area (TPSA) is 85.2 Å². The molecule has 0 aliphatic carbocycles. The molecule has 2 heterocycles. The van der Waals surface area contributed by atoms with E-state index in [0.29, 0.717) is 23.8 Å². The highest BCUT2D eigenvalue weighted by Crippen LogP contribution is 2.30. The summed E-state index contributed by atoms with van der Waals surface area (Å²) in [7, 11) is 0. The van der Waals surface area contributed by atoms with Crippen LogP contribution in [0.15, 0.2) is 60.7 Å². The number of amides is 1. The average Bonchev–Trinajstić information content (AvgIpc) is 3.18. The fraction of sp³-hybridized carbons (Fsp3) is 0.320. The molecule has 0 radical (unpaired) electrons. The van der Waals surface area contributed by atoms with Crippen molar-refractivity contribution in [1.82, 2.24) is 14.9 Å². The van der Waals surface area contributed by atoms with Gasteiger partial charge in [-0.3, -0.25) is 9.36 Å². The van der Waals surface area contributed by atoms with E-state index in [-0.39, 0.29) is 12.3 Å². The normalized spacial score (nSPS) is 12.6. The number of carbonyl (C=O) groups is 2. The van der Waals surface area contributed by atoms with Crippen LogP contribution in [0.1, 0.15) is 41.0 Å². The molecule has 4 rings (SSSR count). The van der Waals surface area contributed by atoms with E-state index in [2.05, 4.69) is 27.8 Å². The lowest BCUT2D eigenvalue weighted by atomic mass is 10.1. The lowest BCUT2D eigenvalue weighted by Crippen LogP contribution is -2.29. The Morgan fingerprint density at radius 2 is 1.75 bits per heavy atom. The molecule has 0 unspecified atom stereocenters. The van der Waals surface area contributed by atoms with Crippen LogP contribution in [0.4, 0.5) is 10.6 Å². The van der Waals surface area contributed by atoms with E-state index in [1.54, 1.807) is 12.1 Å². The highest BCUT2D eigenvalue weighted by Gasteiger charge is 2.23. The van der Waals surface area contributed by atoms with Gasteiger partial charge in [-0.2, -0.15) is 0 Å². The Morgan fingerprint density at radius 1 is 1.00 bits per heavy atom. The molecule has 0 bridgehead atoms. The molecular formula is C25H28N4O3. The highest BCUT2D eigenvalue weighted by molar-refractivity contribution is 5.99. The smallest absolute Gasteiger partial charge is 0.389 e. The summed E-state index contributed by atoms with van der Waals surface area (Å²) < 4.78 is 7.58. The molecule has 0 saturated carbocycles. The number of aryl methyl sites for hydroxylation is 2. The van der Waals surface area contributed by atoms with Gasteiger partial charge in [0.15, 0.2) is 11.6 Å². The molecule has 7 heteroatoms. The van der Waals surface area contributed by atoms with Crippen molar-refractivity contribution in [3.05, 3.63) is 77.6 Å². The van der Waals surface area contributed by atoms with E-state index in [1.807, 2.05) is 41.0 Å². The van der Waals surface area contributed by atoms with Crippen molar-refractivity contribution in [2.24, 2.45) is 0 Å². The summed E-state index contributed by atoms with van der Waals surface area (Å²) in [4.78, 5) is 29.5. The van der Waals surface area contributed by atoms with E-state index in [4.69, 9.17) is 4.74 Å². The van der Waals surface area contributed by atoms with Gasteiger partial charge in [-0.05, 0) is 31.2 Å². The molecule has 0 fully saturated rings. The third-order valence-corrected chi connectivity index (χ3v) is 5.49. The number of rotatable bonds is 9. The highest BCUT2D eigenvalue weighted by atomic mass is 16.6. The number of aromatic nitrogens is 2. The predicted octanol–water partition coefficient (Wildman–Crippen LogP) is 4.24. The first-order chi connectivity index (χ1) is 15.7. The van der Waals surface area contributed by atoms with Gasteiger partial charge in [0.25, 0.3) is 0 Å². The first-order valence-corrected chi connectivity index (χ1v) is 11.1. The minimum absolute atomic E-state index is 0.0483. The van der Waals surface area contributed by atoms with E-state index in [1.165, 1.54) is 5.56 Å². The zero-order valence-corrected chi connectivity index (χ0v) is 18.0. The van der Waals surface area contributed by atoms with Gasteiger partial charge in [-0.1, -0.05) is 60.7 Å². The number of fused-ring (bicyclic) bond motifs is 1. The molecule has 32 heavy (non-hydrogen) atoms. The summed E-state index contributed by atoms with van der Waals surface area (Å²) in [5.74, 6) is 1.64. The molecule has 7 nitrogen and oxygen atoms in total. The van der Waals surface area contributed by atoms with E-state index in [0.717, 1.165) is 44.5 Å². The van der Waals surface area contributed by atoms with Crippen molar-refractivity contribution < 1.29 is 14.3 Å². The fourth-order valence-corrected chi connectivity index (χ4v) is 3.82. The maximum atomic E-state index is 12.5. The van der Waals surface area contributed by atoms with Gasteiger partial charge in [0.1, 0.15) is 5.82 Å². The average molecular weight is 433 g/mol. The molecule has 166 valence electrons. The lowest BCUT2D eigenvalue weighted by Gasteiger charge is -2.16. The van der Waals surface area contributed by atoms with Crippen molar-refractivity contribution in [3.8, 4) is 5.88 Å². The first-order valence-electron chi connectivity index (χ1n) is 11.1. The van der Waals surface area contributed by atoms with Crippen LogP contribution in [-0.2, 0) is 19.4 Å². The largest absolute Gasteiger partial charge is 0.414 e. The maximum absolute atomic E-state index is 12.5. The van der Waals surface area contributed by atoms with Crippen molar-refractivity contribution >= 4 is 17.7 Å². The fourth-order valence-electron chi connectivity index (χ4n) is 3.82. The first kappa shape index (κ1) is 21.6. The predicted molar refractivity (Wildman–Crippen MR) is 123 cm³/mol.